The second-order valence-electron chi connectivity index (χ2n) is 5.96. The third-order valence-electron chi connectivity index (χ3n) is 3.85. The maximum Gasteiger partial charge on any atom is 0.309 e. The van der Waals surface area contributed by atoms with Crippen molar-refractivity contribution in [3.05, 3.63) is 23.8 Å². The number of carboxylic acid groups (broad SMARTS) is 1. The van der Waals surface area contributed by atoms with Crippen LogP contribution in [0.25, 0.3) is 0 Å². The molecule has 0 atom stereocenters. The van der Waals surface area contributed by atoms with Gasteiger partial charge in [-0.05, 0) is 44.0 Å². The van der Waals surface area contributed by atoms with Crippen molar-refractivity contribution in [2.24, 2.45) is 5.41 Å². The minimum atomic E-state index is -0.823. The van der Waals surface area contributed by atoms with Gasteiger partial charge in [-0.1, -0.05) is 0 Å². The molecule has 116 valence electrons. The topological polar surface area (TPSA) is 59.0 Å². The van der Waals surface area contributed by atoms with Gasteiger partial charge in [-0.2, -0.15) is 0 Å². The highest BCUT2D eigenvalue weighted by Gasteiger charge is 2.29. The van der Waals surface area contributed by atoms with E-state index in [9.17, 15) is 9.90 Å². The molecule has 1 aliphatic rings. The average molecular weight is 293 g/mol. The molecule has 0 unspecified atom stereocenters. The van der Waals surface area contributed by atoms with E-state index >= 15 is 0 Å². The highest BCUT2D eigenvalue weighted by atomic mass is 16.5. The van der Waals surface area contributed by atoms with Crippen LogP contribution in [0.5, 0.6) is 5.75 Å². The first-order chi connectivity index (χ1) is 9.94. The van der Waals surface area contributed by atoms with Crippen molar-refractivity contribution in [1.29, 1.82) is 0 Å². The van der Waals surface area contributed by atoms with E-state index in [4.69, 9.17) is 9.47 Å². The number of rotatable bonds is 5. The highest BCUT2D eigenvalue weighted by molar-refractivity contribution is 5.74. The maximum atomic E-state index is 11.3. The number of hydrogen-bond acceptors (Lipinski definition) is 4. The summed E-state index contributed by atoms with van der Waals surface area (Å²) in [6.07, 6.45) is 0.434. The molecule has 1 aromatic carbocycles. The molecule has 1 heterocycles. The van der Waals surface area contributed by atoms with Gasteiger partial charge in [0.15, 0.2) is 0 Å². The largest absolute Gasteiger partial charge is 0.496 e. The predicted molar refractivity (Wildman–Crippen MR) is 81.1 cm³/mol. The zero-order chi connectivity index (χ0) is 15.5. The smallest absolute Gasteiger partial charge is 0.309 e. The number of nitrogens with zero attached hydrogens (tertiary/aromatic N) is 1. The van der Waals surface area contributed by atoms with Crippen LogP contribution in [0, 0.1) is 5.41 Å². The second kappa shape index (κ2) is 6.35. The van der Waals surface area contributed by atoms with E-state index in [1.54, 1.807) is 21.0 Å². The maximum absolute atomic E-state index is 11.3. The minimum absolute atomic E-state index is 0.434. The van der Waals surface area contributed by atoms with Crippen LogP contribution in [0.15, 0.2) is 18.2 Å². The van der Waals surface area contributed by atoms with Crippen LogP contribution < -0.4 is 9.64 Å². The Morgan fingerprint density at radius 3 is 2.62 bits per heavy atom. The Kier molecular flexibility index (Phi) is 4.73. The predicted octanol–water partition coefficient (Wildman–Crippen LogP) is 2.19. The molecular formula is C16H23NO4. The Balaban J connectivity index is 2.27. The Labute approximate surface area is 125 Å². The minimum Gasteiger partial charge on any atom is -0.496 e. The van der Waals surface area contributed by atoms with E-state index in [0.29, 0.717) is 6.42 Å². The lowest BCUT2D eigenvalue weighted by atomic mass is 9.85. The molecule has 1 aliphatic heterocycles. The normalized spacial score (nSPS) is 15.9. The summed E-state index contributed by atoms with van der Waals surface area (Å²) in [5, 5.41) is 9.32. The number of ether oxygens (including phenoxy) is 2. The molecule has 0 amide bonds. The Morgan fingerprint density at radius 2 is 2.05 bits per heavy atom. The van der Waals surface area contributed by atoms with Crippen LogP contribution in [0.1, 0.15) is 19.4 Å². The fourth-order valence-electron chi connectivity index (χ4n) is 2.47. The molecule has 0 aliphatic carbocycles. The standard InChI is InChI=1S/C16H23NO4/c1-16(2,15(18)19)11-12-10-13(4-5-14(12)20-3)17-6-8-21-9-7-17/h4-5,10H,6-9,11H2,1-3H3,(H,18,19). The SMILES string of the molecule is COc1ccc(N2CCOCC2)cc1CC(C)(C)C(=O)O. The number of benzene rings is 1. The molecule has 1 saturated heterocycles. The van der Waals surface area contributed by atoms with Crippen molar-refractivity contribution in [2.75, 3.05) is 38.3 Å². The van der Waals surface area contributed by atoms with Gasteiger partial charge in [0, 0.05) is 18.8 Å². The fourth-order valence-corrected chi connectivity index (χ4v) is 2.47. The van der Waals surface area contributed by atoms with Gasteiger partial charge in [0.2, 0.25) is 0 Å². The molecule has 1 fully saturated rings. The molecular weight excluding hydrogens is 270 g/mol. The first-order valence-corrected chi connectivity index (χ1v) is 7.17. The monoisotopic (exact) mass is 293 g/mol. The fraction of sp³-hybridized carbons (Fsp3) is 0.562. The van der Waals surface area contributed by atoms with Crippen molar-refractivity contribution < 1.29 is 19.4 Å². The lowest BCUT2D eigenvalue weighted by Gasteiger charge is -2.30. The number of carbonyl (C=O) groups is 1. The quantitative estimate of drug-likeness (QED) is 0.901. The molecule has 0 spiro atoms. The van der Waals surface area contributed by atoms with Gasteiger partial charge in [0.1, 0.15) is 5.75 Å². The van der Waals surface area contributed by atoms with Gasteiger partial charge >= 0.3 is 5.97 Å². The molecule has 0 aromatic heterocycles. The number of morpholine rings is 1. The van der Waals surface area contributed by atoms with Crippen molar-refractivity contribution in [2.45, 2.75) is 20.3 Å². The van der Waals surface area contributed by atoms with Gasteiger partial charge in [-0.15, -0.1) is 0 Å². The Bertz CT molecular complexity index is 507. The summed E-state index contributed by atoms with van der Waals surface area (Å²) in [7, 11) is 1.61. The zero-order valence-electron chi connectivity index (χ0n) is 12.9. The van der Waals surface area contributed by atoms with E-state index in [2.05, 4.69) is 4.90 Å². The van der Waals surface area contributed by atoms with Crippen molar-refractivity contribution >= 4 is 11.7 Å². The van der Waals surface area contributed by atoms with Crippen LogP contribution in [0.3, 0.4) is 0 Å². The first kappa shape index (κ1) is 15.6. The van der Waals surface area contributed by atoms with E-state index in [1.165, 1.54) is 0 Å². The Morgan fingerprint density at radius 1 is 1.38 bits per heavy atom. The first-order valence-electron chi connectivity index (χ1n) is 7.17. The van der Waals surface area contributed by atoms with Crippen LogP contribution in [-0.4, -0.2) is 44.5 Å². The van der Waals surface area contributed by atoms with Crippen LogP contribution in [-0.2, 0) is 16.0 Å². The lowest BCUT2D eigenvalue weighted by molar-refractivity contribution is -0.146. The molecule has 0 radical (unpaired) electrons. The Hall–Kier alpha value is -1.75. The van der Waals surface area contributed by atoms with Crippen molar-refractivity contribution in [3.63, 3.8) is 0 Å². The van der Waals surface area contributed by atoms with Crippen LogP contribution in [0.4, 0.5) is 5.69 Å². The molecule has 5 heteroatoms. The van der Waals surface area contributed by atoms with E-state index in [1.807, 2.05) is 18.2 Å². The van der Waals surface area contributed by atoms with Gasteiger partial charge in [-0.3, -0.25) is 4.79 Å². The molecule has 0 saturated carbocycles. The zero-order valence-corrected chi connectivity index (χ0v) is 12.9. The molecule has 0 bridgehead atoms. The summed E-state index contributed by atoms with van der Waals surface area (Å²) < 4.78 is 10.7. The van der Waals surface area contributed by atoms with Crippen LogP contribution >= 0.6 is 0 Å². The number of carboxylic acids is 1. The van der Waals surface area contributed by atoms with E-state index in [0.717, 1.165) is 43.3 Å². The highest BCUT2D eigenvalue weighted by Crippen LogP contribution is 2.31. The molecule has 2 rings (SSSR count). The van der Waals surface area contributed by atoms with E-state index in [-0.39, 0.29) is 0 Å². The number of aliphatic carboxylic acids is 1. The summed E-state index contributed by atoms with van der Waals surface area (Å²) >= 11 is 0. The second-order valence-corrected chi connectivity index (χ2v) is 5.96. The summed E-state index contributed by atoms with van der Waals surface area (Å²) in [6, 6.07) is 5.97. The lowest BCUT2D eigenvalue weighted by Crippen LogP contribution is -2.36. The van der Waals surface area contributed by atoms with E-state index < -0.39 is 11.4 Å². The van der Waals surface area contributed by atoms with Gasteiger partial charge in [0.05, 0.1) is 25.7 Å². The van der Waals surface area contributed by atoms with Gasteiger partial charge < -0.3 is 19.5 Å². The molecule has 1 N–H and O–H groups in total. The van der Waals surface area contributed by atoms with Crippen molar-refractivity contribution in [1.82, 2.24) is 0 Å². The van der Waals surface area contributed by atoms with Gasteiger partial charge in [-0.25, -0.2) is 0 Å². The van der Waals surface area contributed by atoms with Crippen LogP contribution in [0.2, 0.25) is 0 Å². The summed E-state index contributed by atoms with van der Waals surface area (Å²) in [5.41, 5.74) is 1.20. The summed E-state index contributed by atoms with van der Waals surface area (Å²) in [5.74, 6) is -0.0670. The van der Waals surface area contributed by atoms with Gasteiger partial charge in [0.25, 0.3) is 0 Å². The summed E-state index contributed by atoms with van der Waals surface area (Å²) in [4.78, 5) is 13.6. The number of hydrogen-bond donors (Lipinski definition) is 1. The molecule has 1 aromatic rings. The van der Waals surface area contributed by atoms with Crippen molar-refractivity contribution in [3.8, 4) is 5.75 Å². The third kappa shape index (κ3) is 3.67. The molecule has 5 nitrogen and oxygen atoms in total. The number of methoxy groups -OCH3 is 1. The number of anilines is 1. The molecule has 21 heavy (non-hydrogen) atoms. The average Bonchev–Trinajstić information content (AvgIpc) is 2.47. The summed E-state index contributed by atoms with van der Waals surface area (Å²) in [6.45, 7) is 6.62. The third-order valence-corrected chi connectivity index (χ3v) is 3.85.